The number of hydrogen-bond donors (Lipinski definition) is 3. The number of ether oxygens (including phenoxy) is 2. The van der Waals surface area contributed by atoms with Gasteiger partial charge in [-0.25, -0.2) is 9.97 Å². The molecule has 3 N–H and O–H groups in total. The first-order valence-electron chi connectivity index (χ1n) is 14.2. The molecule has 0 radical (unpaired) electrons. The zero-order valence-corrected chi connectivity index (χ0v) is 24.0. The van der Waals surface area contributed by atoms with Gasteiger partial charge in [0.25, 0.3) is 0 Å². The standard InChI is InChI=1S/C30H35F3N6O4/c1-42-23-9-18(10-24(12-23)43-2)13-35-29(41)19-3-6-22(7-4-19)39-15-21(16-39)38-27(40)14-34-28-25-11-20(30(31,32)33)5-8-26(25)36-17-37-28/h5,8-12,17,19,21-22H,3-4,6-7,13-16H2,1-2H3,(H,35,41)(H,38,40)(H,34,36,37). The van der Waals surface area contributed by atoms with E-state index in [9.17, 15) is 22.8 Å². The number of carbonyl (C=O) groups excluding carboxylic acids is 2. The Kier molecular flexibility index (Phi) is 9.19. The molecule has 230 valence electrons. The molecule has 2 heterocycles. The van der Waals surface area contributed by atoms with Gasteiger partial charge in [-0.1, -0.05) is 0 Å². The Hall–Kier alpha value is -4.13. The highest BCUT2D eigenvalue weighted by atomic mass is 19.4. The molecular formula is C30H35F3N6O4. The predicted octanol–water partition coefficient (Wildman–Crippen LogP) is 3.75. The van der Waals surface area contributed by atoms with E-state index in [1.807, 2.05) is 12.1 Å². The molecule has 2 amide bonds. The minimum atomic E-state index is -4.49. The van der Waals surface area contributed by atoms with Gasteiger partial charge in [0.05, 0.1) is 37.9 Å². The van der Waals surface area contributed by atoms with Crippen LogP contribution < -0.4 is 25.4 Å². The molecule has 1 saturated heterocycles. The number of nitrogens with one attached hydrogen (secondary N) is 3. The van der Waals surface area contributed by atoms with E-state index in [0.717, 1.165) is 56.5 Å². The van der Waals surface area contributed by atoms with Crippen LogP contribution in [0, 0.1) is 5.92 Å². The summed E-state index contributed by atoms with van der Waals surface area (Å²) in [5, 5.41) is 9.05. The van der Waals surface area contributed by atoms with Crippen LogP contribution in [0.2, 0.25) is 0 Å². The quantitative estimate of drug-likeness (QED) is 0.322. The highest BCUT2D eigenvalue weighted by Crippen LogP contribution is 2.33. The number of benzene rings is 2. The number of alkyl halides is 3. The van der Waals surface area contributed by atoms with E-state index in [2.05, 4.69) is 30.8 Å². The molecule has 1 aromatic heterocycles. The van der Waals surface area contributed by atoms with Crippen LogP contribution in [0.15, 0.2) is 42.7 Å². The number of amides is 2. The number of anilines is 1. The van der Waals surface area contributed by atoms with Crippen LogP contribution in [0.25, 0.3) is 10.9 Å². The molecule has 2 fully saturated rings. The Morgan fingerprint density at radius 1 is 0.977 bits per heavy atom. The van der Waals surface area contributed by atoms with E-state index >= 15 is 0 Å². The topological polar surface area (TPSA) is 118 Å². The summed E-state index contributed by atoms with van der Waals surface area (Å²) < 4.78 is 50.0. The smallest absolute Gasteiger partial charge is 0.416 e. The Labute approximate surface area is 247 Å². The molecule has 1 aliphatic carbocycles. The lowest BCUT2D eigenvalue weighted by Crippen LogP contribution is -2.63. The number of methoxy groups -OCH3 is 2. The number of nitrogens with zero attached hydrogens (tertiary/aromatic N) is 3. The van der Waals surface area contributed by atoms with Gasteiger partial charge >= 0.3 is 6.18 Å². The van der Waals surface area contributed by atoms with E-state index in [0.29, 0.717) is 29.6 Å². The van der Waals surface area contributed by atoms with Gasteiger partial charge in [0.1, 0.15) is 23.6 Å². The average Bonchev–Trinajstić information content (AvgIpc) is 2.99. The number of carbonyl (C=O) groups is 2. The van der Waals surface area contributed by atoms with Crippen molar-refractivity contribution in [2.24, 2.45) is 5.92 Å². The summed E-state index contributed by atoms with van der Waals surface area (Å²) in [6, 6.07) is 9.14. The number of aromatic nitrogens is 2. The Bertz CT molecular complexity index is 1430. The van der Waals surface area contributed by atoms with Crippen molar-refractivity contribution in [2.75, 3.05) is 39.2 Å². The van der Waals surface area contributed by atoms with Crippen LogP contribution in [0.3, 0.4) is 0 Å². The molecule has 0 bridgehead atoms. The minimum Gasteiger partial charge on any atom is -0.497 e. The van der Waals surface area contributed by atoms with E-state index in [1.54, 1.807) is 20.3 Å². The summed E-state index contributed by atoms with van der Waals surface area (Å²) in [6.45, 7) is 1.71. The Morgan fingerprint density at radius 3 is 2.33 bits per heavy atom. The van der Waals surface area contributed by atoms with Crippen molar-refractivity contribution in [3.05, 3.63) is 53.9 Å². The van der Waals surface area contributed by atoms with Crippen molar-refractivity contribution in [2.45, 2.75) is 50.5 Å². The third kappa shape index (κ3) is 7.45. The second-order valence-corrected chi connectivity index (χ2v) is 11.0. The van der Waals surface area contributed by atoms with Gasteiger partial charge in [0.2, 0.25) is 11.8 Å². The summed E-state index contributed by atoms with van der Waals surface area (Å²) in [6.07, 6.45) is 0.182. The highest BCUT2D eigenvalue weighted by Gasteiger charge is 2.36. The van der Waals surface area contributed by atoms with Gasteiger partial charge < -0.3 is 25.4 Å². The summed E-state index contributed by atoms with van der Waals surface area (Å²) in [4.78, 5) is 35.7. The molecule has 3 aromatic rings. The largest absolute Gasteiger partial charge is 0.497 e. The maximum absolute atomic E-state index is 13.1. The second kappa shape index (κ2) is 13.0. The maximum Gasteiger partial charge on any atom is 0.416 e. The Morgan fingerprint density at radius 2 is 1.67 bits per heavy atom. The van der Waals surface area contributed by atoms with E-state index in [-0.39, 0.29) is 41.5 Å². The van der Waals surface area contributed by atoms with Crippen LogP contribution in [0.5, 0.6) is 11.5 Å². The molecular weight excluding hydrogens is 565 g/mol. The number of hydrogen-bond acceptors (Lipinski definition) is 8. The average molecular weight is 601 g/mol. The van der Waals surface area contributed by atoms with Crippen molar-refractivity contribution < 1.29 is 32.2 Å². The zero-order chi connectivity index (χ0) is 30.6. The fourth-order valence-corrected chi connectivity index (χ4v) is 5.72. The van der Waals surface area contributed by atoms with E-state index in [4.69, 9.17) is 9.47 Å². The molecule has 2 aromatic carbocycles. The molecule has 10 nitrogen and oxygen atoms in total. The molecule has 43 heavy (non-hydrogen) atoms. The molecule has 13 heteroatoms. The molecule has 2 aliphatic rings. The van der Waals surface area contributed by atoms with Gasteiger partial charge in [-0.2, -0.15) is 13.2 Å². The lowest BCUT2D eigenvalue weighted by atomic mass is 9.83. The van der Waals surface area contributed by atoms with Gasteiger partial charge in [0, 0.05) is 43.0 Å². The van der Waals surface area contributed by atoms with Crippen LogP contribution >= 0.6 is 0 Å². The Balaban J connectivity index is 1.02. The van der Waals surface area contributed by atoms with Crippen molar-refractivity contribution in [3.63, 3.8) is 0 Å². The van der Waals surface area contributed by atoms with Crippen LogP contribution in [0.1, 0.15) is 36.8 Å². The fourth-order valence-electron chi connectivity index (χ4n) is 5.72. The van der Waals surface area contributed by atoms with Gasteiger partial charge in [-0.05, 0) is 61.6 Å². The first kappa shape index (κ1) is 30.3. The predicted molar refractivity (Wildman–Crippen MR) is 154 cm³/mol. The number of likely N-dealkylation sites (tertiary alicyclic amines) is 1. The summed E-state index contributed by atoms with van der Waals surface area (Å²) >= 11 is 0. The third-order valence-electron chi connectivity index (χ3n) is 8.12. The number of fused-ring (bicyclic) bond motifs is 1. The van der Waals surface area contributed by atoms with Crippen molar-refractivity contribution >= 4 is 28.5 Å². The summed E-state index contributed by atoms with van der Waals surface area (Å²) in [5.41, 5.74) is 0.453. The minimum absolute atomic E-state index is 0.00541. The van der Waals surface area contributed by atoms with Crippen LogP contribution in [-0.4, -0.2) is 72.6 Å². The van der Waals surface area contributed by atoms with Crippen molar-refractivity contribution in [1.29, 1.82) is 0 Å². The third-order valence-corrected chi connectivity index (χ3v) is 8.12. The first-order chi connectivity index (χ1) is 20.6. The van der Waals surface area contributed by atoms with Gasteiger partial charge in [0.15, 0.2) is 0 Å². The van der Waals surface area contributed by atoms with Crippen LogP contribution in [0.4, 0.5) is 19.0 Å². The fraction of sp³-hybridized carbons (Fsp3) is 0.467. The number of rotatable bonds is 10. The molecule has 1 aliphatic heterocycles. The first-order valence-corrected chi connectivity index (χ1v) is 14.2. The van der Waals surface area contributed by atoms with Crippen molar-refractivity contribution in [3.8, 4) is 11.5 Å². The molecule has 5 rings (SSSR count). The van der Waals surface area contributed by atoms with E-state index < -0.39 is 11.7 Å². The molecule has 1 saturated carbocycles. The monoisotopic (exact) mass is 600 g/mol. The molecule has 0 atom stereocenters. The summed E-state index contributed by atoms with van der Waals surface area (Å²) in [7, 11) is 3.18. The lowest BCUT2D eigenvalue weighted by Gasteiger charge is -2.46. The highest BCUT2D eigenvalue weighted by molar-refractivity contribution is 5.91. The summed E-state index contributed by atoms with van der Waals surface area (Å²) in [5.74, 6) is 1.27. The normalized spacial score (nSPS) is 19.4. The van der Waals surface area contributed by atoms with Crippen LogP contribution in [-0.2, 0) is 22.3 Å². The maximum atomic E-state index is 13.1. The van der Waals surface area contributed by atoms with Gasteiger partial charge in [-0.15, -0.1) is 0 Å². The second-order valence-electron chi connectivity index (χ2n) is 11.0. The van der Waals surface area contributed by atoms with Gasteiger partial charge in [-0.3, -0.25) is 14.5 Å². The van der Waals surface area contributed by atoms with Crippen molar-refractivity contribution in [1.82, 2.24) is 25.5 Å². The lowest BCUT2D eigenvalue weighted by molar-refractivity contribution is -0.137. The molecule has 0 unspecified atom stereocenters. The van der Waals surface area contributed by atoms with E-state index in [1.165, 1.54) is 12.4 Å². The SMILES string of the molecule is COc1cc(CNC(=O)C2CCC(N3CC(NC(=O)CNc4ncnc5ccc(C(F)(F)F)cc45)C3)CC2)cc(OC)c1. The molecule has 0 spiro atoms. The zero-order valence-electron chi connectivity index (χ0n) is 24.0. The number of halogens is 3.